The highest BCUT2D eigenvalue weighted by molar-refractivity contribution is 9.10. The second-order valence-electron chi connectivity index (χ2n) is 7.15. The fourth-order valence-corrected chi connectivity index (χ4v) is 3.39. The maximum Gasteiger partial charge on any atom is 0.302 e. The second-order valence-corrected chi connectivity index (χ2v) is 7.87. The van der Waals surface area contributed by atoms with Gasteiger partial charge in [0.2, 0.25) is 12.0 Å². The molecule has 12 heteroatoms. The van der Waals surface area contributed by atoms with Gasteiger partial charge in [0.1, 0.15) is 23.7 Å². The van der Waals surface area contributed by atoms with Gasteiger partial charge in [-0.1, -0.05) is 24.3 Å². The van der Waals surface area contributed by atoms with Crippen LogP contribution in [0, 0.1) is 11.6 Å². The lowest BCUT2D eigenvalue weighted by Gasteiger charge is -2.17. The molecule has 0 fully saturated rings. The lowest BCUT2D eigenvalue weighted by Crippen LogP contribution is -2.20. The molecular weight excluding hydrogens is 528 g/mol. The number of carbonyl (C=O) groups is 2. The molecule has 0 radical (unpaired) electrons. The molecule has 1 amide bonds. The molecule has 1 heterocycles. The molecule has 0 saturated carbocycles. The maximum absolute atomic E-state index is 14.6. The van der Waals surface area contributed by atoms with E-state index in [1.54, 1.807) is 0 Å². The first-order valence-corrected chi connectivity index (χ1v) is 10.4. The number of esters is 1. The summed E-state index contributed by atoms with van der Waals surface area (Å²) in [6, 6.07) is 6.95. The summed E-state index contributed by atoms with van der Waals surface area (Å²) in [6.45, 7) is 1.41. The molecule has 1 unspecified atom stereocenters. The normalized spacial score (nSPS) is 12.3. The van der Waals surface area contributed by atoms with Crippen LogP contribution in [0.1, 0.15) is 41.8 Å². The predicted molar refractivity (Wildman–Crippen MR) is 114 cm³/mol. The minimum atomic E-state index is -3.03. The summed E-state index contributed by atoms with van der Waals surface area (Å²) < 4.78 is 71.5. The lowest BCUT2D eigenvalue weighted by molar-refractivity contribution is -0.143. The van der Waals surface area contributed by atoms with Crippen molar-refractivity contribution in [1.29, 1.82) is 0 Å². The van der Waals surface area contributed by atoms with Crippen molar-refractivity contribution in [2.24, 2.45) is 5.73 Å². The summed E-state index contributed by atoms with van der Waals surface area (Å²) in [6.07, 6.45) is -1.33. The Morgan fingerprint density at radius 2 is 1.82 bits per heavy atom. The van der Waals surface area contributed by atoms with Crippen molar-refractivity contribution in [3.05, 3.63) is 69.7 Å². The third-order valence-electron chi connectivity index (χ3n) is 4.55. The van der Waals surface area contributed by atoms with Crippen LogP contribution in [0.25, 0.3) is 11.3 Å². The van der Waals surface area contributed by atoms with E-state index < -0.39 is 53.5 Å². The van der Waals surface area contributed by atoms with Gasteiger partial charge in [0.25, 0.3) is 11.8 Å². The van der Waals surface area contributed by atoms with E-state index in [9.17, 15) is 27.2 Å². The second kappa shape index (κ2) is 9.84. The molecule has 180 valence electrons. The molecule has 0 bridgehead atoms. The molecule has 0 spiro atoms. The van der Waals surface area contributed by atoms with Crippen molar-refractivity contribution >= 4 is 27.8 Å². The quantitative estimate of drug-likeness (QED) is 0.305. The number of halogens is 5. The van der Waals surface area contributed by atoms with Gasteiger partial charge in [-0.15, -0.1) is 0 Å². The summed E-state index contributed by atoms with van der Waals surface area (Å²) in [7, 11) is 0. The molecule has 1 aromatic heterocycles. The Bertz CT molecular complexity index is 1230. The predicted octanol–water partition coefficient (Wildman–Crippen LogP) is 5.28. The van der Waals surface area contributed by atoms with Gasteiger partial charge in [0.15, 0.2) is 16.2 Å². The Morgan fingerprint density at radius 1 is 1.18 bits per heavy atom. The van der Waals surface area contributed by atoms with Crippen molar-refractivity contribution in [1.82, 2.24) is 4.98 Å². The minimum Gasteiger partial charge on any atom is -0.474 e. The Kier molecular flexibility index (Phi) is 7.29. The van der Waals surface area contributed by atoms with Crippen LogP contribution in [0.5, 0.6) is 5.75 Å². The minimum absolute atomic E-state index is 0.0901. The molecular formula is C22H17BrF4N2O5. The van der Waals surface area contributed by atoms with Gasteiger partial charge in [-0.05, 0) is 28.1 Å². The highest BCUT2D eigenvalue weighted by Gasteiger charge is 2.28. The number of oxazole rings is 1. The van der Waals surface area contributed by atoms with Crippen LogP contribution in [-0.4, -0.2) is 23.5 Å². The molecule has 0 aliphatic carbocycles. The molecule has 7 nitrogen and oxygen atoms in total. The van der Waals surface area contributed by atoms with E-state index in [2.05, 4.69) is 20.9 Å². The number of aromatic nitrogens is 1. The first-order valence-electron chi connectivity index (χ1n) is 9.61. The number of benzene rings is 2. The number of ether oxygens (including phenoxy) is 2. The number of hydrogen-bond donors (Lipinski definition) is 1. The lowest BCUT2D eigenvalue weighted by atomic mass is 10.1. The summed E-state index contributed by atoms with van der Waals surface area (Å²) in [4.78, 5) is 26.9. The van der Waals surface area contributed by atoms with Gasteiger partial charge >= 0.3 is 5.97 Å². The molecule has 1 atom stereocenters. The van der Waals surface area contributed by atoms with E-state index in [0.29, 0.717) is 5.56 Å². The van der Waals surface area contributed by atoms with Crippen LogP contribution < -0.4 is 10.5 Å². The average molecular weight is 545 g/mol. The van der Waals surface area contributed by atoms with Crippen LogP contribution in [0.15, 0.2) is 45.5 Å². The van der Waals surface area contributed by atoms with Crippen LogP contribution >= 0.6 is 15.9 Å². The smallest absolute Gasteiger partial charge is 0.302 e. The highest BCUT2D eigenvalue weighted by Crippen LogP contribution is 2.35. The van der Waals surface area contributed by atoms with Gasteiger partial charge in [-0.25, -0.2) is 22.5 Å². The van der Waals surface area contributed by atoms with Crippen molar-refractivity contribution in [2.45, 2.75) is 25.9 Å². The summed E-state index contributed by atoms with van der Waals surface area (Å²) in [5.74, 6) is -8.36. The van der Waals surface area contributed by atoms with Crippen LogP contribution in [0.3, 0.4) is 0 Å². The standard InChI is InChI=1S/C22H17BrF4N2O5/c1-10(30)32-9-15(33-14-8-7-13(24)16(17(14)25)20(28)31)21-29-18(19(23)34-21)11-3-5-12(6-4-11)22(2,26)27/h3-8,15H,9H2,1-2H3,(H2,28,31). The van der Waals surface area contributed by atoms with Gasteiger partial charge in [-0.3, -0.25) is 9.59 Å². The van der Waals surface area contributed by atoms with Gasteiger partial charge in [-0.2, -0.15) is 0 Å². The van der Waals surface area contributed by atoms with E-state index in [1.165, 1.54) is 24.3 Å². The number of alkyl halides is 2. The van der Waals surface area contributed by atoms with E-state index >= 15 is 0 Å². The van der Waals surface area contributed by atoms with Crippen LogP contribution in [0.2, 0.25) is 0 Å². The number of carbonyl (C=O) groups excluding carboxylic acids is 2. The van der Waals surface area contributed by atoms with Crippen LogP contribution in [0.4, 0.5) is 17.6 Å². The summed E-state index contributed by atoms with van der Waals surface area (Å²) >= 11 is 3.17. The van der Waals surface area contributed by atoms with Crippen molar-refractivity contribution in [3.8, 4) is 17.0 Å². The largest absolute Gasteiger partial charge is 0.474 e. The van der Waals surface area contributed by atoms with Crippen LogP contribution in [-0.2, 0) is 15.5 Å². The van der Waals surface area contributed by atoms with E-state index in [-0.39, 0.29) is 21.8 Å². The Morgan fingerprint density at radius 3 is 2.38 bits per heavy atom. The molecule has 0 aliphatic rings. The Hall–Kier alpha value is -3.41. The molecule has 0 aliphatic heterocycles. The SMILES string of the molecule is CC(=O)OCC(Oc1ccc(F)c(C(N)=O)c1F)c1nc(-c2ccc(C(C)(F)F)cc2)c(Br)o1. The Labute approximate surface area is 199 Å². The molecule has 34 heavy (non-hydrogen) atoms. The molecule has 3 aromatic rings. The first-order chi connectivity index (χ1) is 15.9. The summed E-state index contributed by atoms with van der Waals surface area (Å²) in [5, 5.41) is 0. The number of primary amides is 1. The zero-order chi connectivity index (χ0) is 25.2. The third-order valence-corrected chi connectivity index (χ3v) is 5.09. The number of hydrogen-bond acceptors (Lipinski definition) is 6. The summed E-state index contributed by atoms with van der Waals surface area (Å²) in [5.41, 5.74) is 4.42. The molecule has 2 aromatic carbocycles. The van der Waals surface area contributed by atoms with Crippen molar-refractivity contribution < 1.29 is 41.0 Å². The Balaban J connectivity index is 1.97. The average Bonchev–Trinajstić information content (AvgIpc) is 3.13. The van der Waals surface area contributed by atoms with Crippen molar-refractivity contribution in [3.63, 3.8) is 0 Å². The van der Waals surface area contributed by atoms with Gasteiger partial charge < -0.3 is 19.6 Å². The number of amides is 1. The topological polar surface area (TPSA) is 105 Å². The molecule has 3 rings (SSSR count). The third kappa shape index (κ3) is 5.56. The maximum atomic E-state index is 14.6. The van der Waals surface area contributed by atoms with Crippen molar-refractivity contribution in [2.75, 3.05) is 6.61 Å². The van der Waals surface area contributed by atoms with Gasteiger partial charge in [0.05, 0.1) is 0 Å². The highest BCUT2D eigenvalue weighted by atomic mass is 79.9. The van der Waals surface area contributed by atoms with Gasteiger partial charge in [0, 0.05) is 25.0 Å². The van der Waals surface area contributed by atoms with E-state index in [1.807, 2.05) is 0 Å². The zero-order valence-electron chi connectivity index (χ0n) is 17.7. The zero-order valence-corrected chi connectivity index (χ0v) is 19.3. The number of nitrogens with zero attached hydrogens (tertiary/aromatic N) is 1. The monoisotopic (exact) mass is 544 g/mol. The number of rotatable bonds is 8. The first kappa shape index (κ1) is 25.2. The van der Waals surface area contributed by atoms with E-state index in [4.69, 9.17) is 19.6 Å². The fourth-order valence-electron chi connectivity index (χ4n) is 2.91. The fraction of sp³-hybridized carbons (Fsp3) is 0.227. The number of nitrogens with two attached hydrogens (primary N) is 1. The molecule has 0 saturated heterocycles. The molecule has 2 N–H and O–H groups in total. The van der Waals surface area contributed by atoms with E-state index in [0.717, 1.165) is 26.0 Å².